The smallest absolute Gasteiger partial charge is 0.334 e. The van der Waals surface area contributed by atoms with E-state index in [4.69, 9.17) is 14.6 Å². The summed E-state index contributed by atoms with van der Waals surface area (Å²) in [6.07, 6.45) is -1.81. The lowest BCUT2D eigenvalue weighted by atomic mass is 10.0. The van der Waals surface area contributed by atoms with Crippen LogP contribution in [0.25, 0.3) is 0 Å². The van der Waals surface area contributed by atoms with E-state index in [1.807, 2.05) is 25.1 Å². The maximum absolute atomic E-state index is 12.1. The first kappa shape index (κ1) is 19.0. The van der Waals surface area contributed by atoms with E-state index in [0.717, 1.165) is 11.1 Å². The van der Waals surface area contributed by atoms with E-state index in [1.165, 1.54) is 7.11 Å². The van der Waals surface area contributed by atoms with Gasteiger partial charge in [-0.05, 0) is 37.0 Å². The molecule has 0 saturated carbocycles. The van der Waals surface area contributed by atoms with E-state index in [9.17, 15) is 9.59 Å². The van der Waals surface area contributed by atoms with Crippen molar-refractivity contribution in [1.29, 1.82) is 0 Å². The van der Waals surface area contributed by atoms with Gasteiger partial charge in [0.1, 0.15) is 5.75 Å². The molecule has 0 spiro atoms. The van der Waals surface area contributed by atoms with Crippen molar-refractivity contribution in [3.05, 3.63) is 29.3 Å². The number of amides is 1. The monoisotopic (exact) mass is 323 g/mol. The third-order valence-corrected chi connectivity index (χ3v) is 3.49. The van der Waals surface area contributed by atoms with Crippen LogP contribution in [-0.4, -0.2) is 42.8 Å². The number of hydrogen-bond donors (Lipinski definition) is 2. The van der Waals surface area contributed by atoms with Crippen molar-refractivity contribution < 1.29 is 24.2 Å². The van der Waals surface area contributed by atoms with Crippen molar-refractivity contribution in [2.24, 2.45) is 0 Å². The van der Waals surface area contributed by atoms with Gasteiger partial charge < -0.3 is 19.9 Å². The van der Waals surface area contributed by atoms with Gasteiger partial charge in [0, 0.05) is 7.11 Å². The summed E-state index contributed by atoms with van der Waals surface area (Å²) >= 11 is 0. The van der Waals surface area contributed by atoms with Gasteiger partial charge in [-0.25, -0.2) is 4.79 Å². The Hall–Kier alpha value is -2.08. The van der Waals surface area contributed by atoms with Crippen LogP contribution < -0.4 is 10.1 Å². The van der Waals surface area contributed by atoms with E-state index >= 15 is 0 Å². The Kier molecular flexibility index (Phi) is 7.03. The van der Waals surface area contributed by atoms with Crippen molar-refractivity contribution in [3.8, 4) is 5.75 Å². The topological polar surface area (TPSA) is 84.9 Å². The number of methoxy groups -OCH3 is 1. The minimum Gasteiger partial charge on any atom is -0.481 e. The van der Waals surface area contributed by atoms with Crippen LogP contribution >= 0.6 is 0 Å². The number of carboxylic acid groups (broad SMARTS) is 1. The summed E-state index contributed by atoms with van der Waals surface area (Å²) in [6.45, 7) is 7.59. The van der Waals surface area contributed by atoms with Crippen LogP contribution in [0.3, 0.4) is 0 Å². The highest BCUT2D eigenvalue weighted by atomic mass is 16.5. The first-order valence-corrected chi connectivity index (χ1v) is 7.56. The Balaban J connectivity index is 2.72. The maximum Gasteiger partial charge on any atom is 0.334 e. The first-order valence-electron chi connectivity index (χ1n) is 7.56. The molecule has 6 heteroatoms. The highest BCUT2D eigenvalue weighted by Crippen LogP contribution is 2.28. The third kappa shape index (κ3) is 5.56. The molecule has 2 N–H and O–H groups in total. The molecule has 0 radical (unpaired) electrons. The molecule has 1 aromatic rings. The fourth-order valence-electron chi connectivity index (χ4n) is 2.07. The number of aliphatic carboxylic acids is 1. The fraction of sp³-hybridized carbons (Fsp3) is 0.529. The number of ether oxygens (including phenoxy) is 2. The number of carbonyl (C=O) groups excluding carboxylic acids is 1. The normalized spacial score (nSPS) is 13.5. The van der Waals surface area contributed by atoms with E-state index < -0.39 is 18.2 Å². The second kappa shape index (κ2) is 8.53. The molecule has 0 aromatic heterocycles. The van der Waals surface area contributed by atoms with Crippen LogP contribution in [0.1, 0.15) is 37.8 Å². The lowest BCUT2D eigenvalue weighted by Gasteiger charge is -2.20. The van der Waals surface area contributed by atoms with Gasteiger partial charge in [-0.2, -0.15) is 0 Å². The SMILES string of the molecule is COC(CNC(=O)C(C)Oc1cc(C)ccc1C(C)C)C(=O)O. The molecule has 0 saturated heterocycles. The summed E-state index contributed by atoms with van der Waals surface area (Å²) in [5.41, 5.74) is 2.07. The molecule has 1 aromatic carbocycles. The molecule has 128 valence electrons. The minimum atomic E-state index is -1.12. The Morgan fingerprint density at radius 2 is 1.91 bits per heavy atom. The molecule has 0 bridgehead atoms. The van der Waals surface area contributed by atoms with E-state index in [0.29, 0.717) is 5.75 Å². The predicted octanol–water partition coefficient (Wildman–Crippen LogP) is 2.10. The molecule has 1 rings (SSSR count). The molecular formula is C17H25NO5. The van der Waals surface area contributed by atoms with Gasteiger partial charge in [0.15, 0.2) is 12.2 Å². The fourth-order valence-corrected chi connectivity index (χ4v) is 2.07. The number of carbonyl (C=O) groups is 2. The van der Waals surface area contributed by atoms with Crippen LogP contribution in [0, 0.1) is 6.92 Å². The average molecular weight is 323 g/mol. The molecule has 0 aliphatic rings. The quantitative estimate of drug-likeness (QED) is 0.765. The van der Waals surface area contributed by atoms with Gasteiger partial charge in [-0.1, -0.05) is 26.0 Å². The zero-order valence-electron chi connectivity index (χ0n) is 14.3. The van der Waals surface area contributed by atoms with E-state index in [-0.39, 0.29) is 18.4 Å². The molecule has 1 amide bonds. The van der Waals surface area contributed by atoms with Crippen molar-refractivity contribution in [2.75, 3.05) is 13.7 Å². The van der Waals surface area contributed by atoms with Gasteiger partial charge in [-0.3, -0.25) is 4.79 Å². The highest BCUT2D eigenvalue weighted by Gasteiger charge is 2.21. The third-order valence-electron chi connectivity index (χ3n) is 3.49. The van der Waals surface area contributed by atoms with Gasteiger partial charge in [0.2, 0.25) is 0 Å². The number of hydrogen-bond acceptors (Lipinski definition) is 4. The molecule has 0 fully saturated rings. The summed E-state index contributed by atoms with van der Waals surface area (Å²) in [7, 11) is 1.28. The summed E-state index contributed by atoms with van der Waals surface area (Å²) in [5.74, 6) is -0.568. The average Bonchev–Trinajstić information content (AvgIpc) is 2.46. The van der Waals surface area contributed by atoms with Crippen LogP contribution in [0.15, 0.2) is 18.2 Å². The zero-order valence-corrected chi connectivity index (χ0v) is 14.3. The molecule has 2 unspecified atom stereocenters. The molecular weight excluding hydrogens is 298 g/mol. The predicted molar refractivity (Wildman–Crippen MR) is 86.8 cm³/mol. The molecule has 0 aliphatic heterocycles. The van der Waals surface area contributed by atoms with Crippen molar-refractivity contribution in [2.45, 2.75) is 45.8 Å². The second-order valence-corrected chi connectivity index (χ2v) is 5.76. The Labute approximate surface area is 136 Å². The molecule has 0 heterocycles. The summed E-state index contributed by atoms with van der Waals surface area (Å²) < 4.78 is 10.5. The van der Waals surface area contributed by atoms with E-state index in [2.05, 4.69) is 19.2 Å². The summed E-state index contributed by atoms with van der Waals surface area (Å²) in [4.78, 5) is 22.9. The van der Waals surface area contributed by atoms with Crippen molar-refractivity contribution >= 4 is 11.9 Å². The van der Waals surface area contributed by atoms with E-state index in [1.54, 1.807) is 6.92 Å². The number of aryl methyl sites for hydroxylation is 1. The summed E-state index contributed by atoms with van der Waals surface area (Å²) in [5, 5.41) is 11.4. The lowest BCUT2D eigenvalue weighted by Crippen LogP contribution is -2.43. The first-order chi connectivity index (χ1) is 10.8. The van der Waals surface area contributed by atoms with Crippen molar-refractivity contribution in [1.82, 2.24) is 5.32 Å². The summed E-state index contributed by atoms with van der Waals surface area (Å²) in [6, 6.07) is 5.89. The highest BCUT2D eigenvalue weighted by molar-refractivity contribution is 5.81. The molecule has 0 aliphatic carbocycles. The number of rotatable bonds is 8. The maximum atomic E-state index is 12.1. The Bertz CT molecular complexity index is 556. The van der Waals surface area contributed by atoms with Gasteiger partial charge in [0.25, 0.3) is 5.91 Å². The van der Waals surface area contributed by atoms with Crippen molar-refractivity contribution in [3.63, 3.8) is 0 Å². The number of carboxylic acids is 1. The second-order valence-electron chi connectivity index (χ2n) is 5.76. The van der Waals surface area contributed by atoms with Crippen LogP contribution in [0.5, 0.6) is 5.75 Å². The Morgan fingerprint density at radius 3 is 2.43 bits per heavy atom. The number of nitrogens with one attached hydrogen (secondary N) is 1. The van der Waals surface area contributed by atoms with Crippen LogP contribution in [0.2, 0.25) is 0 Å². The standard InChI is InChI=1S/C17H25NO5/c1-10(2)13-7-6-11(3)8-14(13)23-12(4)16(19)18-9-15(22-5)17(20)21/h6-8,10,12,15H,9H2,1-5H3,(H,18,19)(H,20,21). The van der Waals surface area contributed by atoms with Gasteiger partial charge in [-0.15, -0.1) is 0 Å². The largest absolute Gasteiger partial charge is 0.481 e. The van der Waals surface area contributed by atoms with Gasteiger partial charge in [0.05, 0.1) is 6.54 Å². The van der Waals surface area contributed by atoms with Gasteiger partial charge >= 0.3 is 5.97 Å². The molecule has 23 heavy (non-hydrogen) atoms. The number of benzene rings is 1. The minimum absolute atomic E-state index is 0.108. The van der Waals surface area contributed by atoms with Crippen LogP contribution in [-0.2, 0) is 14.3 Å². The lowest BCUT2D eigenvalue weighted by molar-refractivity contribution is -0.148. The zero-order chi connectivity index (χ0) is 17.6. The molecule has 6 nitrogen and oxygen atoms in total. The molecule has 2 atom stereocenters. The Morgan fingerprint density at radius 1 is 1.26 bits per heavy atom. The van der Waals surface area contributed by atoms with Crippen LogP contribution in [0.4, 0.5) is 0 Å².